The monoisotopic (exact) mass is 206 g/mol. The number of aryl methyl sites for hydroxylation is 1. The highest BCUT2D eigenvalue weighted by atomic mass is 16.5. The Labute approximate surface area is 86.1 Å². The van der Waals surface area contributed by atoms with Crippen molar-refractivity contribution in [2.45, 2.75) is 6.92 Å². The second-order valence-corrected chi connectivity index (χ2v) is 3.20. The SMILES string of the molecule is COc1cccc2c(C)c(C(=O)O)oc12. The molecule has 15 heavy (non-hydrogen) atoms. The van der Waals surface area contributed by atoms with Crippen LogP contribution in [-0.2, 0) is 0 Å². The van der Waals surface area contributed by atoms with Crippen molar-refractivity contribution in [2.24, 2.45) is 0 Å². The molecule has 0 aliphatic rings. The normalized spacial score (nSPS) is 10.5. The number of benzene rings is 1. The van der Waals surface area contributed by atoms with E-state index in [1.54, 1.807) is 19.1 Å². The van der Waals surface area contributed by atoms with Crippen LogP contribution in [0.4, 0.5) is 0 Å². The van der Waals surface area contributed by atoms with Gasteiger partial charge in [-0.05, 0) is 13.0 Å². The number of fused-ring (bicyclic) bond motifs is 1. The minimum atomic E-state index is -1.06. The molecular formula is C11H10O4. The summed E-state index contributed by atoms with van der Waals surface area (Å²) in [6, 6.07) is 5.34. The zero-order valence-corrected chi connectivity index (χ0v) is 8.40. The van der Waals surface area contributed by atoms with E-state index in [0.717, 1.165) is 5.39 Å². The van der Waals surface area contributed by atoms with Crippen LogP contribution in [0, 0.1) is 6.92 Å². The first kappa shape index (κ1) is 9.58. The third-order valence-electron chi connectivity index (χ3n) is 2.34. The van der Waals surface area contributed by atoms with Crippen molar-refractivity contribution in [3.05, 3.63) is 29.5 Å². The molecule has 4 nitrogen and oxygen atoms in total. The molecule has 0 spiro atoms. The van der Waals surface area contributed by atoms with Gasteiger partial charge in [0.05, 0.1) is 7.11 Å². The van der Waals surface area contributed by atoms with Crippen molar-refractivity contribution < 1.29 is 19.1 Å². The number of furan rings is 1. The van der Waals surface area contributed by atoms with Crippen LogP contribution in [-0.4, -0.2) is 18.2 Å². The van der Waals surface area contributed by atoms with Gasteiger partial charge >= 0.3 is 5.97 Å². The molecule has 1 aromatic heterocycles. The van der Waals surface area contributed by atoms with Gasteiger partial charge in [0.1, 0.15) is 0 Å². The molecule has 0 bridgehead atoms. The molecule has 0 fully saturated rings. The van der Waals surface area contributed by atoms with Crippen LogP contribution in [0.1, 0.15) is 16.1 Å². The maximum atomic E-state index is 10.9. The van der Waals surface area contributed by atoms with E-state index < -0.39 is 5.97 Å². The van der Waals surface area contributed by atoms with Gasteiger partial charge in [0.15, 0.2) is 11.3 Å². The molecule has 2 rings (SSSR count). The second kappa shape index (κ2) is 3.31. The molecule has 0 atom stereocenters. The van der Waals surface area contributed by atoms with E-state index in [0.29, 0.717) is 16.9 Å². The summed E-state index contributed by atoms with van der Waals surface area (Å²) in [6.07, 6.45) is 0. The summed E-state index contributed by atoms with van der Waals surface area (Å²) in [4.78, 5) is 10.9. The fraction of sp³-hybridized carbons (Fsp3) is 0.182. The van der Waals surface area contributed by atoms with Crippen LogP contribution < -0.4 is 4.74 Å². The Hall–Kier alpha value is -1.97. The first-order valence-electron chi connectivity index (χ1n) is 4.44. The van der Waals surface area contributed by atoms with Crippen LogP contribution in [0.15, 0.2) is 22.6 Å². The molecule has 0 aliphatic carbocycles. The van der Waals surface area contributed by atoms with E-state index in [4.69, 9.17) is 14.3 Å². The van der Waals surface area contributed by atoms with Gasteiger partial charge in [-0.15, -0.1) is 0 Å². The predicted octanol–water partition coefficient (Wildman–Crippen LogP) is 2.45. The van der Waals surface area contributed by atoms with E-state index in [1.807, 2.05) is 6.07 Å². The molecule has 0 aliphatic heterocycles. The summed E-state index contributed by atoms with van der Waals surface area (Å²) in [5, 5.41) is 9.67. The van der Waals surface area contributed by atoms with Gasteiger partial charge in [0, 0.05) is 10.9 Å². The van der Waals surface area contributed by atoms with Gasteiger partial charge in [-0.1, -0.05) is 12.1 Å². The lowest BCUT2D eigenvalue weighted by atomic mass is 10.1. The maximum absolute atomic E-state index is 10.9. The van der Waals surface area contributed by atoms with Gasteiger partial charge in [-0.3, -0.25) is 0 Å². The van der Waals surface area contributed by atoms with Crippen LogP contribution in [0.2, 0.25) is 0 Å². The Morgan fingerprint density at radius 3 is 2.80 bits per heavy atom. The van der Waals surface area contributed by atoms with Crippen LogP contribution in [0.3, 0.4) is 0 Å². The minimum Gasteiger partial charge on any atom is -0.493 e. The molecule has 0 saturated heterocycles. The van der Waals surface area contributed by atoms with Crippen molar-refractivity contribution in [2.75, 3.05) is 7.11 Å². The van der Waals surface area contributed by atoms with Crippen molar-refractivity contribution in [3.63, 3.8) is 0 Å². The van der Waals surface area contributed by atoms with Gasteiger partial charge in [0.2, 0.25) is 5.76 Å². The topological polar surface area (TPSA) is 59.7 Å². The molecule has 0 saturated carbocycles. The van der Waals surface area contributed by atoms with Crippen molar-refractivity contribution in [3.8, 4) is 5.75 Å². The standard InChI is InChI=1S/C11H10O4/c1-6-7-4-3-5-8(14-2)10(7)15-9(6)11(12)13/h3-5H,1-2H3,(H,12,13). The van der Waals surface area contributed by atoms with Gasteiger partial charge < -0.3 is 14.3 Å². The first-order chi connectivity index (χ1) is 7.15. The highest BCUT2D eigenvalue weighted by Gasteiger charge is 2.18. The van der Waals surface area contributed by atoms with E-state index in [2.05, 4.69) is 0 Å². The molecule has 1 heterocycles. The lowest BCUT2D eigenvalue weighted by Crippen LogP contribution is -1.94. The Bertz CT molecular complexity index is 525. The Balaban J connectivity index is 2.81. The smallest absolute Gasteiger partial charge is 0.372 e. The fourth-order valence-electron chi connectivity index (χ4n) is 1.58. The van der Waals surface area contributed by atoms with Gasteiger partial charge in [-0.2, -0.15) is 0 Å². The number of carbonyl (C=O) groups is 1. The van der Waals surface area contributed by atoms with E-state index >= 15 is 0 Å². The van der Waals surface area contributed by atoms with E-state index in [-0.39, 0.29) is 5.76 Å². The molecule has 0 amide bonds. The highest BCUT2D eigenvalue weighted by Crippen LogP contribution is 2.31. The van der Waals surface area contributed by atoms with Crippen molar-refractivity contribution >= 4 is 16.9 Å². The number of ether oxygens (including phenoxy) is 1. The molecule has 0 radical (unpaired) electrons. The van der Waals surface area contributed by atoms with Crippen LogP contribution in [0.5, 0.6) is 5.75 Å². The Kier molecular flexibility index (Phi) is 2.11. The van der Waals surface area contributed by atoms with E-state index in [1.165, 1.54) is 7.11 Å². The molecule has 0 unspecified atom stereocenters. The Morgan fingerprint density at radius 2 is 2.20 bits per heavy atom. The van der Waals surface area contributed by atoms with E-state index in [9.17, 15) is 4.79 Å². The largest absolute Gasteiger partial charge is 0.493 e. The highest BCUT2D eigenvalue weighted by molar-refractivity contribution is 5.96. The lowest BCUT2D eigenvalue weighted by molar-refractivity contribution is 0.0664. The number of para-hydroxylation sites is 1. The predicted molar refractivity (Wildman–Crippen MR) is 54.5 cm³/mol. The third kappa shape index (κ3) is 1.34. The summed E-state index contributed by atoms with van der Waals surface area (Å²) in [6.45, 7) is 1.72. The van der Waals surface area contributed by atoms with Gasteiger partial charge in [-0.25, -0.2) is 4.79 Å². The molecule has 1 aromatic carbocycles. The van der Waals surface area contributed by atoms with Crippen molar-refractivity contribution in [1.29, 1.82) is 0 Å². The number of hydrogen-bond acceptors (Lipinski definition) is 3. The summed E-state index contributed by atoms with van der Waals surface area (Å²) < 4.78 is 10.3. The molecule has 2 aromatic rings. The lowest BCUT2D eigenvalue weighted by Gasteiger charge is -1.98. The van der Waals surface area contributed by atoms with Crippen LogP contribution in [0.25, 0.3) is 11.0 Å². The fourth-order valence-corrected chi connectivity index (χ4v) is 1.58. The quantitative estimate of drug-likeness (QED) is 0.819. The Morgan fingerprint density at radius 1 is 1.47 bits per heavy atom. The second-order valence-electron chi connectivity index (χ2n) is 3.20. The van der Waals surface area contributed by atoms with Crippen molar-refractivity contribution in [1.82, 2.24) is 0 Å². The number of aromatic carboxylic acids is 1. The third-order valence-corrected chi connectivity index (χ3v) is 2.34. The number of rotatable bonds is 2. The molecular weight excluding hydrogens is 196 g/mol. The molecule has 1 N–H and O–H groups in total. The zero-order valence-electron chi connectivity index (χ0n) is 8.40. The van der Waals surface area contributed by atoms with Gasteiger partial charge in [0.25, 0.3) is 0 Å². The average Bonchev–Trinajstić information content (AvgIpc) is 2.56. The average molecular weight is 206 g/mol. The molecule has 4 heteroatoms. The number of methoxy groups -OCH3 is 1. The molecule has 78 valence electrons. The summed E-state index contributed by atoms with van der Waals surface area (Å²) in [5.41, 5.74) is 1.10. The minimum absolute atomic E-state index is 0.0329. The first-order valence-corrected chi connectivity index (χ1v) is 4.44. The number of carboxylic acid groups (broad SMARTS) is 1. The number of carboxylic acids is 1. The summed E-state index contributed by atoms with van der Waals surface area (Å²) >= 11 is 0. The maximum Gasteiger partial charge on any atom is 0.372 e. The van der Waals surface area contributed by atoms with Crippen LogP contribution >= 0.6 is 0 Å². The summed E-state index contributed by atoms with van der Waals surface area (Å²) in [7, 11) is 1.52. The number of hydrogen-bond donors (Lipinski definition) is 1. The zero-order chi connectivity index (χ0) is 11.0. The summed E-state index contributed by atoms with van der Waals surface area (Å²) in [5.74, 6) is -0.552.